The molecule has 1 fully saturated rings. The Morgan fingerprint density at radius 2 is 2.00 bits per heavy atom. The number of aromatic nitrogens is 1. The Kier molecular flexibility index (Phi) is 4.13. The van der Waals surface area contributed by atoms with Gasteiger partial charge in [0.05, 0.1) is 0 Å². The van der Waals surface area contributed by atoms with Crippen LogP contribution in [0.1, 0.15) is 38.8 Å². The summed E-state index contributed by atoms with van der Waals surface area (Å²) in [6.07, 6.45) is 4.98. The molecular weight excluding hydrogens is 210 g/mol. The minimum Gasteiger partial charge on any atom is -0.306 e. The highest BCUT2D eigenvalue weighted by molar-refractivity contribution is 5.14. The first-order valence-corrected chi connectivity index (χ1v) is 6.57. The fourth-order valence-corrected chi connectivity index (χ4v) is 2.49. The number of nitrogens with zero attached hydrogens (tertiary/aromatic N) is 2. The summed E-state index contributed by atoms with van der Waals surface area (Å²) < 4.78 is 0. The van der Waals surface area contributed by atoms with Crippen LogP contribution in [0.3, 0.4) is 0 Å². The van der Waals surface area contributed by atoms with Gasteiger partial charge in [0.2, 0.25) is 0 Å². The molecule has 0 aromatic carbocycles. The van der Waals surface area contributed by atoms with Crippen molar-refractivity contribution in [3.05, 3.63) is 30.1 Å². The molecule has 1 unspecified atom stereocenters. The lowest BCUT2D eigenvalue weighted by atomic mass is 10.1. The molecule has 0 saturated carbocycles. The predicted molar refractivity (Wildman–Crippen MR) is 70.9 cm³/mol. The third-order valence-corrected chi connectivity index (χ3v) is 3.64. The molecule has 17 heavy (non-hydrogen) atoms. The van der Waals surface area contributed by atoms with Gasteiger partial charge >= 0.3 is 0 Å². The van der Waals surface area contributed by atoms with Gasteiger partial charge < -0.3 is 5.32 Å². The van der Waals surface area contributed by atoms with Gasteiger partial charge in [0, 0.05) is 37.1 Å². The molecule has 0 amide bonds. The summed E-state index contributed by atoms with van der Waals surface area (Å²) in [5, 5.41) is 3.71. The molecule has 2 heterocycles. The van der Waals surface area contributed by atoms with E-state index in [4.69, 9.17) is 0 Å². The molecular formula is C14H23N3. The van der Waals surface area contributed by atoms with E-state index in [9.17, 15) is 0 Å². The average molecular weight is 233 g/mol. The lowest BCUT2D eigenvalue weighted by Gasteiger charge is -2.22. The van der Waals surface area contributed by atoms with E-state index < -0.39 is 0 Å². The molecule has 2 rings (SSSR count). The molecule has 1 aromatic heterocycles. The van der Waals surface area contributed by atoms with Gasteiger partial charge in [0.1, 0.15) is 0 Å². The summed E-state index contributed by atoms with van der Waals surface area (Å²) in [6.45, 7) is 9.17. The summed E-state index contributed by atoms with van der Waals surface area (Å²) in [7, 11) is 0. The van der Waals surface area contributed by atoms with Crippen molar-refractivity contribution in [3.8, 4) is 0 Å². The molecule has 1 N–H and O–H groups in total. The Balaban J connectivity index is 1.86. The van der Waals surface area contributed by atoms with Crippen molar-refractivity contribution in [2.75, 3.05) is 13.1 Å². The fraction of sp³-hybridized carbons (Fsp3) is 0.643. The lowest BCUT2D eigenvalue weighted by molar-refractivity contribution is 0.266. The second-order valence-corrected chi connectivity index (χ2v) is 5.24. The number of nitrogens with one attached hydrogen (secondary N) is 1. The van der Waals surface area contributed by atoms with E-state index in [1.165, 1.54) is 25.1 Å². The standard InChI is InChI=1S/C14H23N3/c1-11(2)17-9-6-14(10-17)16-12(3)13-4-7-15-8-5-13/h4-5,7-8,11-12,14,16H,6,9-10H2,1-3H3/t12-,14?/m0/s1. The van der Waals surface area contributed by atoms with Crippen molar-refractivity contribution in [1.82, 2.24) is 15.2 Å². The molecule has 1 aliphatic heterocycles. The maximum atomic E-state index is 4.06. The quantitative estimate of drug-likeness (QED) is 0.864. The van der Waals surface area contributed by atoms with Crippen LogP contribution in [-0.4, -0.2) is 35.1 Å². The zero-order valence-electron chi connectivity index (χ0n) is 11.1. The van der Waals surface area contributed by atoms with Gasteiger partial charge in [-0.15, -0.1) is 0 Å². The van der Waals surface area contributed by atoms with E-state index in [1.807, 2.05) is 12.4 Å². The van der Waals surface area contributed by atoms with Crippen molar-refractivity contribution < 1.29 is 0 Å². The van der Waals surface area contributed by atoms with Crippen LogP contribution in [0.25, 0.3) is 0 Å². The number of pyridine rings is 1. The smallest absolute Gasteiger partial charge is 0.0296 e. The molecule has 0 spiro atoms. The number of hydrogen-bond acceptors (Lipinski definition) is 3. The zero-order valence-corrected chi connectivity index (χ0v) is 11.1. The maximum absolute atomic E-state index is 4.06. The van der Waals surface area contributed by atoms with Crippen molar-refractivity contribution in [3.63, 3.8) is 0 Å². The molecule has 0 aliphatic carbocycles. The van der Waals surface area contributed by atoms with Gasteiger partial charge in [-0.25, -0.2) is 0 Å². The van der Waals surface area contributed by atoms with E-state index in [0.717, 1.165) is 0 Å². The van der Waals surface area contributed by atoms with Crippen LogP contribution < -0.4 is 5.32 Å². The zero-order chi connectivity index (χ0) is 12.3. The summed E-state index contributed by atoms with van der Waals surface area (Å²) in [6, 6.07) is 5.88. The minimum atomic E-state index is 0.412. The van der Waals surface area contributed by atoms with Crippen LogP contribution in [0.2, 0.25) is 0 Å². The largest absolute Gasteiger partial charge is 0.306 e. The molecule has 1 saturated heterocycles. The van der Waals surface area contributed by atoms with Gasteiger partial charge in [-0.3, -0.25) is 9.88 Å². The third kappa shape index (κ3) is 3.27. The number of rotatable bonds is 4. The Morgan fingerprint density at radius 1 is 1.29 bits per heavy atom. The van der Waals surface area contributed by atoms with Crippen LogP contribution in [0.5, 0.6) is 0 Å². The van der Waals surface area contributed by atoms with E-state index in [2.05, 4.69) is 48.1 Å². The summed E-state index contributed by atoms with van der Waals surface area (Å²) in [5.74, 6) is 0. The van der Waals surface area contributed by atoms with E-state index >= 15 is 0 Å². The SMILES string of the molecule is CC(C)N1CCC(N[C@@H](C)c2ccncc2)C1. The van der Waals surface area contributed by atoms with Crippen LogP contribution >= 0.6 is 0 Å². The first-order valence-electron chi connectivity index (χ1n) is 6.57. The number of hydrogen-bond donors (Lipinski definition) is 1. The number of likely N-dealkylation sites (tertiary alicyclic amines) is 1. The monoisotopic (exact) mass is 233 g/mol. The molecule has 3 heteroatoms. The molecule has 1 aliphatic rings. The molecule has 2 atom stereocenters. The van der Waals surface area contributed by atoms with Crippen molar-refractivity contribution in [1.29, 1.82) is 0 Å². The normalized spacial score (nSPS) is 23.2. The summed E-state index contributed by atoms with van der Waals surface area (Å²) >= 11 is 0. The summed E-state index contributed by atoms with van der Waals surface area (Å²) in [4.78, 5) is 6.60. The predicted octanol–water partition coefficient (Wildman–Crippen LogP) is 2.21. The fourth-order valence-electron chi connectivity index (χ4n) is 2.49. The van der Waals surface area contributed by atoms with Crippen LogP contribution in [0.4, 0.5) is 0 Å². The Morgan fingerprint density at radius 3 is 2.59 bits per heavy atom. The second-order valence-electron chi connectivity index (χ2n) is 5.24. The van der Waals surface area contributed by atoms with E-state index in [-0.39, 0.29) is 0 Å². The second kappa shape index (κ2) is 5.61. The lowest BCUT2D eigenvalue weighted by Crippen LogP contribution is -2.36. The molecule has 3 nitrogen and oxygen atoms in total. The van der Waals surface area contributed by atoms with Gasteiger partial charge in [-0.05, 0) is 51.4 Å². The van der Waals surface area contributed by atoms with Gasteiger partial charge in [-0.2, -0.15) is 0 Å². The van der Waals surface area contributed by atoms with Gasteiger partial charge in [-0.1, -0.05) is 0 Å². The van der Waals surface area contributed by atoms with Crippen LogP contribution in [0.15, 0.2) is 24.5 Å². The highest BCUT2D eigenvalue weighted by atomic mass is 15.2. The first-order chi connectivity index (χ1) is 8.16. The highest BCUT2D eigenvalue weighted by Gasteiger charge is 2.25. The van der Waals surface area contributed by atoms with Gasteiger partial charge in [0.15, 0.2) is 0 Å². The molecule has 94 valence electrons. The Hall–Kier alpha value is -0.930. The van der Waals surface area contributed by atoms with Crippen LogP contribution in [0, 0.1) is 0 Å². The highest BCUT2D eigenvalue weighted by Crippen LogP contribution is 2.17. The first kappa shape index (κ1) is 12.5. The van der Waals surface area contributed by atoms with Gasteiger partial charge in [0.25, 0.3) is 0 Å². The van der Waals surface area contributed by atoms with Crippen molar-refractivity contribution in [2.24, 2.45) is 0 Å². The van der Waals surface area contributed by atoms with E-state index in [1.54, 1.807) is 0 Å². The minimum absolute atomic E-state index is 0.412. The maximum Gasteiger partial charge on any atom is 0.0296 e. The Bertz CT molecular complexity index is 337. The van der Waals surface area contributed by atoms with Crippen molar-refractivity contribution in [2.45, 2.75) is 45.3 Å². The van der Waals surface area contributed by atoms with Crippen molar-refractivity contribution >= 4 is 0 Å². The molecule has 0 bridgehead atoms. The third-order valence-electron chi connectivity index (χ3n) is 3.64. The van der Waals surface area contributed by atoms with E-state index in [0.29, 0.717) is 18.1 Å². The Labute approximate surface area is 104 Å². The van der Waals surface area contributed by atoms with Crippen LogP contribution in [-0.2, 0) is 0 Å². The summed E-state index contributed by atoms with van der Waals surface area (Å²) in [5.41, 5.74) is 1.32. The average Bonchev–Trinajstić information content (AvgIpc) is 2.79. The molecule has 1 aromatic rings. The topological polar surface area (TPSA) is 28.2 Å². The molecule has 0 radical (unpaired) electrons.